The molecule has 0 aliphatic heterocycles. The number of carbonyl (C=O) groups is 2. The largest absolute Gasteiger partial charge is 0.497 e. The molecule has 0 spiro atoms. The van der Waals surface area contributed by atoms with Crippen LogP contribution in [0.2, 0.25) is 0 Å². The molecule has 6 nitrogen and oxygen atoms in total. The molecule has 0 aliphatic rings. The molecule has 6 heteroatoms. The van der Waals surface area contributed by atoms with Gasteiger partial charge in [0.15, 0.2) is 0 Å². The molecule has 2 N–H and O–H groups in total. The summed E-state index contributed by atoms with van der Waals surface area (Å²) in [4.78, 5) is 26.5. The Morgan fingerprint density at radius 1 is 1.19 bits per heavy atom. The van der Waals surface area contributed by atoms with Crippen molar-refractivity contribution < 1.29 is 19.1 Å². The molecule has 0 unspecified atom stereocenters. The molecule has 0 saturated heterocycles. The standard InChI is InChI=1S/C21H24N2O4/c1-5-27-21(25)20(24)22-9-8-14-10-12(2)18-16-11-15(26-4)6-7-17(16)23-19(18)13(14)3/h6-7,10-11,23H,5,8-9H2,1-4H3,(H,22,24). The lowest BCUT2D eigenvalue weighted by Gasteiger charge is -2.11. The van der Waals surface area contributed by atoms with Gasteiger partial charge < -0.3 is 19.8 Å². The van der Waals surface area contributed by atoms with Crippen LogP contribution in [0.1, 0.15) is 23.6 Å². The number of H-pyrrole nitrogens is 1. The van der Waals surface area contributed by atoms with Gasteiger partial charge in [0.05, 0.1) is 13.7 Å². The second kappa shape index (κ2) is 7.70. The van der Waals surface area contributed by atoms with Crippen LogP contribution in [-0.4, -0.2) is 37.1 Å². The first-order chi connectivity index (χ1) is 13.0. The number of benzene rings is 2. The number of nitrogens with one attached hydrogen (secondary N) is 2. The number of amides is 1. The van der Waals surface area contributed by atoms with Gasteiger partial charge in [0.1, 0.15) is 5.75 Å². The first-order valence-electron chi connectivity index (χ1n) is 8.99. The maximum atomic E-state index is 11.7. The lowest BCUT2D eigenvalue weighted by Crippen LogP contribution is -2.33. The lowest BCUT2D eigenvalue weighted by atomic mass is 9.97. The fourth-order valence-corrected chi connectivity index (χ4v) is 3.43. The minimum atomic E-state index is -0.842. The van der Waals surface area contributed by atoms with E-state index in [1.54, 1.807) is 14.0 Å². The van der Waals surface area contributed by atoms with Crippen LogP contribution in [-0.2, 0) is 20.7 Å². The molecule has 1 aromatic heterocycles. The van der Waals surface area contributed by atoms with Gasteiger partial charge in [0.2, 0.25) is 0 Å². The summed E-state index contributed by atoms with van der Waals surface area (Å²) in [5, 5.41) is 4.92. The van der Waals surface area contributed by atoms with Crippen LogP contribution in [0.15, 0.2) is 24.3 Å². The summed E-state index contributed by atoms with van der Waals surface area (Å²) in [6.45, 7) is 6.37. The number of rotatable bonds is 5. The molecule has 0 radical (unpaired) electrons. The highest BCUT2D eigenvalue weighted by Crippen LogP contribution is 2.34. The zero-order valence-electron chi connectivity index (χ0n) is 16.1. The number of esters is 1. The van der Waals surface area contributed by atoms with Crippen LogP contribution in [0.5, 0.6) is 5.75 Å². The number of aromatic amines is 1. The minimum absolute atomic E-state index is 0.187. The van der Waals surface area contributed by atoms with E-state index in [1.807, 2.05) is 18.2 Å². The molecule has 27 heavy (non-hydrogen) atoms. The molecule has 3 rings (SSSR count). The van der Waals surface area contributed by atoms with Gasteiger partial charge in [0.25, 0.3) is 0 Å². The van der Waals surface area contributed by atoms with Crippen LogP contribution in [0, 0.1) is 13.8 Å². The molecule has 0 atom stereocenters. The van der Waals surface area contributed by atoms with Gasteiger partial charge in [-0.1, -0.05) is 6.07 Å². The molecule has 0 fully saturated rings. The van der Waals surface area contributed by atoms with Crippen LogP contribution in [0.3, 0.4) is 0 Å². The molecule has 0 aliphatic carbocycles. The summed E-state index contributed by atoms with van der Waals surface area (Å²) in [5.41, 5.74) is 5.57. The second-order valence-corrected chi connectivity index (χ2v) is 6.49. The van der Waals surface area contributed by atoms with E-state index in [0.717, 1.165) is 38.9 Å². The van der Waals surface area contributed by atoms with Crippen LogP contribution < -0.4 is 10.1 Å². The predicted octanol–water partition coefficient (Wildman–Crippen LogP) is 3.17. The van der Waals surface area contributed by atoms with E-state index in [4.69, 9.17) is 9.47 Å². The van der Waals surface area contributed by atoms with E-state index < -0.39 is 11.9 Å². The summed E-state index contributed by atoms with van der Waals surface area (Å²) in [6, 6.07) is 8.14. The first-order valence-corrected chi connectivity index (χ1v) is 8.99. The fraction of sp³-hybridized carbons (Fsp3) is 0.333. The average molecular weight is 368 g/mol. The second-order valence-electron chi connectivity index (χ2n) is 6.49. The highest BCUT2D eigenvalue weighted by Gasteiger charge is 2.16. The molecule has 0 bridgehead atoms. The van der Waals surface area contributed by atoms with Gasteiger partial charge in [-0.05, 0) is 62.1 Å². The van der Waals surface area contributed by atoms with Crippen molar-refractivity contribution in [1.82, 2.24) is 10.3 Å². The van der Waals surface area contributed by atoms with Gasteiger partial charge in [-0.15, -0.1) is 0 Å². The SMILES string of the molecule is CCOC(=O)C(=O)NCCc1cc(C)c2c([nH]c3ccc(OC)cc32)c1C. The van der Waals surface area contributed by atoms with E-state index in [2.05, 4.69) is 30.2 Å². The Kier molecular flexibility index (Phi) is 5.35. The molecule has 142 valence electrons. The van der Waals surface area contributed by atoms with Crippen molar-refractivity contribution in [3.05, 3.63) is 41.0 Å². The molecule has 2 aromatic carbocycles. The highest BCUT2D eigenvalue weighted by molar-refractivity contribution is 6.32. The van der Waals surface area contributed by atoms with Crippen LogP contribution >= 0.6 is 0 Å². The number of carbonyl (C=O) groups excluding carboxylic acids is 2. The Balaban J connectivity index is 1.87. The van der Waals surface area contributed by atoms with E-state index in [-0.39, 0.29) is 6.61 Å². The summed E-state index contributed by atoms with van der Waals surface area (Å²) in [5.74, 6) is -0.721. The van der Waals surface area contributed by atoms with E-state index >= 15 is 0 Å². The quantitative estimate of drug-likeness (QED) is 0.535. The van der Waals surface area contributed by atoms with Crippen molar-refractivity contribution in [2.75, 3.05) is 20.3 Å². The minimum Gasteiger partial charge on any atom is -0.497 e. The maximum Gasteiger partial charge on any atom is 0.396 e. The Bertz CT molecular complexity index is 1020. The van der Waals surface area contributed by atoms with Crippen molar-refractivity contribution in [1.29, 1.82) is 0 Å². The highest BCUT2D eigenvalue weighted by atomic mass is 16.5. The van der Waals surface area contributed by atoms with Crippen molar-refractivity contribution in [2.45, 2.75) is 27.2 Å². The molecule has 0 saturated carbocycles. The van der Waals surface area contributed by atoms with E-state index in [0.29, 0.717) is 13.0 Å². The topological polar surface area (TPSA) is 80.4 Å². The third-order valence-electron chi connectivity index (χ3n) is 4.79. The molecule has 1 amide bonds. The van der Waals surface area contributed by atoms with Crippen molar-refractivity contribution in [3.63, 3.8) is 0 Å². The molecule has 3 aromatic rings. The number of hydrogen-bond donors (Lipinski definition) is 2. The Labute approximate surface area is 157 Å². The Morgan fingerprint density at radius 3 is 2.67 bits per heavy atom. The number of fused-ring (bicyclic) bond motifs is 3. The number of ether oxygens (including phenoxy) is 2. The van der Waals surface area contributed by atoms with Crippen molar-refractivity contribution in [2.24, 2.45) is 0 Å². The molecule has 1 heterocycles. The first kappa shape index (κ1) is 18.8. The number of aryl methyl sites for hydroxylation is 2. The predicted molar refractivity (Wildman–Crippen MR) is 105 cm³/mol. The smallest absolute Gasteiger partial charge is 0.396 e. The number of methoxy groups -OCH3 is 1. The van der Waals surface area contributed by atoms with Gasteiger partial charge >= 0.3 is 11.9 Å². The summed E-state index contributed by atoms with van der Waals surface area (Å²) in [6.07, 6.45) is 0.631. The molecular formula is C21H24N2O4. The van der Waals surface area contributed by atoms with E-state index in [9.17, 15) is 9.59 Å². The van der Waals surface area contributed by atoms with E-state index in [1.165, 1.54) is 5.39 Å². The fourth-order valence-electron chi connectivity index (χ4n) is 3.43. The average Bonchev–Trinajstić information content (AvgIpc) is 3.05. The van der Waals surface area contributed by atoms with Gasteiger partial charge in [-0.25, -0.2) is 4.79 Å². The number of hydrogen-bond acceptors (Lipinski definition) is 4. The third kappa shape index (κ3) is 3.60. The zero-order chi connectivity index (χ0) is 19.6. The third-order valence-corrected chi connectivity index (χ3v) is 4.79. The summed E-state index contributed by atoms with van der Waals surface area (Å²) >= 11 is 0. The monoisotopic (exact) mass is 368 g/mol. The van der Waals surface area contributed by atoms with Crippen molar-refractivity contribution in [3.8, 4) is 5.75 Å². The normalized spacial score (nSPS) is 11.0. The summed E-state index contributed by atoms with van der Waals surface area (Å²) < 4.78 is 10.0. The van der Waals surface area contributed by atoms with Crippen LogP contribution in [0.4, 0.5) is 0 Å². The van der Waals surface area contributed by atoms with Gasteiger partial charge in [-0.3, -0.25) is 4.79 Å². The number of aromatic nitrogens is 1. The van der Waals surface area contributed by atoms with Crippen LogP contribution in [0.25, 0.3) is 21.8 Å². The summed E-state index contributed by atoms with van der Waals surface area (Å²) in [7, 11) is 1.66. The van der Waals surface area contributed by atoms with Gasteiger partial charge in [0, 0.05) is 28.4 Å². The Morgan fingerprint density at radius 2 is 1.96 bits per heavy atom. The Hall–Kier alpha value is -3.02. The molecular weight excluding hydrogens is 344 g/mol. The van der Waals surface area contributed by atoms with Crippen molar-refractivity contribution >= 4 is 33.7 Å². The maximum absolute atomic E-state index is 11.7. The lowest BCUT2D eigenvalue weighted by molar-refractivity contribution is -0.154. The zero-order valence-corrected chi connectivity index (χ0v) is 16.1. The van der Waals surface area contributed by atoms with Gasteiger partial charge in [-0.2, -0.15) is 0 Å².